The molecular weight excluding hydrogens is 256 g/mol. The molecule has 0 saturated carbocycles. The van der Waals surface area contributed by atoms with Gasteiger partial charge in [0, 0.05) is 12.1 Å². The van der Waals surface area contributed by atoms with Gasteiger partial charge in [0.2, 0.25) is 0 Å². The van der Waals surface area contributed by atoms with Gasteiger partial charge in [0.1, 0.15) is 11.6 Å². The van der Waals surface area contributed by atoms with Crippen molar-refractivity contribution < 1.29 is 0 Å². The highest BCUT2D eigenvalue weighted by Crippen LogP contribution is 2.25. The summed E-state index contributed by atoms with van der Waals surface area (Å²) in [5.41, 5.74) is 6.03. The SMILES string of the molecule is Cc1nc(NC(CCN)C(C)(C)C)cc2n[nH]c(=O)n12. The minimum Gasteiger partial charge on any atom is -0.367 e. The van der Waals surface area contributed by atoms with Crippen molar-refractivity contribution in [3.8, 4) is 0 Å². The van der Waals surface area contributed by atoms with E-state index < -0.39 is 0 Å². The molecule has 1 unspecified atom stereocenters. The molecule has 0 fully saturated rings. The summed E-state index contributed by atoms with van der Waals surface area (Å²) in [6.45, 7) is 8.86. The molecular formula is C13H22N6O. The van der Waals surface area contributed by atoms with Gasteiger partial charge in [-0.25, -0.2) is 19.3 Å². The van der Waals surface area contributed by atoms with Crippen molar-refractivity contribution >= 4 is 11.5 Å². The van der Waals surface area contributed by atoms with Crippen LogP contribution < -0.4 is 16.7 Å². The van der Waals surface area contributed by atoms with Crippen molar-refractivity contribution in [1.29, 1.82) is 0 Å². The highest BCUT2D eigenvalue weighted by molar-refractivity contribution is 5.50. The van der Waals surface area contributed by atoms with Crippen LogP contribution in [0.5, 0.6) is 0 Å². The number of fused-ring (bicyclic) bond motifs is 1. The Balaban J connectivity index is 2.35. The van der Waals surface area contributed by atoms with Crippen molar-refractivity contribution in [3.63, 3.8) is 0 Å². The number of aryl methyl sites for hydroxylation is 1. The quantitative estimate of drug-likeness (QED) is 0.771. The Morgan fingerprint density at radius 3 is 2.80 bits per heavy atom. The molecule has 2 aromatic heterocycles. The molecule has 7 heteroatoms. The summed E-state index contributed by atoms with van der Waals surface area (Å²) in [4.78, 5) is 16.0. The number of nitrogens with one attached hydrogen (secondary N) is 2. The molecule has 2 heterocycles. The molecule has 0 radical (unpaired) electrons. The summed E-state index contributed by atoms with van der Waals surface area (Å²) >= 11 is 0. The topological polar surface area (TPSA) is 101 Å². The second kappa shape index (κ2) is 5.24. The van der Waals surface area contributed by atoms with Gasteiger partial charge in [0.15, 0.2) is 5.65 Å². The first kappa shape index (κ1) is 14.5. The summed E-state index contributed by atoms with van der Waals surface area (Å²) in [5, 5.41) is 9.80. The lowest BCUT2D eigenvalue weighted by atomic mass is 9.85. The van der Waals surface area contributed by atoms with Crippen LogP contribution in [0.25, 0.3) is 5.65 Å². The standard InChI is InChI=1S/C13H22N6O/c1-8-15-10(7-11-17-18-12(20)19(8)11)16-9(5-6-14)13(2,3)4/h7,9,16H,5-6,14H2,1-4H3,(H,18,20). The fraction of sp³-hybridized carbons (Fsp3) is 0.615. The largest absolute Gasteiger partial charge is 0.367 e. The molecule has 0 aliphatic heterocycles. The summed E-state index contributed by atoms with van der Waals surface area (Å²) in [6, 6.07) is 1.97. The van der Waals surface area contributed by atoms with Gasteiger partial charge in [-0.15, -0.1) is 0 Å². The fourth-order valence-electron chi connectivity index (χ4n) is 2.24. The molecule has 0 amide bonds. The Labute approximate surface area is 117 Å². The molecule has 2 aromatic rings. The van der Waals surface area contributed by atoms with E-state index in [0.29, 0.717) is 23.8 Å². The normalized spacial score (nSPS) is 13.7. The average molecular weight is 278 g/mol. The van der Waals surface area contributed by atoms with Gasteiger partial charge in [-0.05, 0) is 25.3 Å². The number of nitrogens with zero attached hydrogens (tertiary/aromatic N) is 3. The first-order valence-electron chi connectivity index (χ1n) is 6.74. The third-order valence-corrected chi connectivity index (χ3v) is 3.39. The molecule has 2 rings (SSSR count). The Kier molecular flexibility index (Phi) is 3.80. The molecule has 110 valence electrons. The van der Waals surface area contributed by atoms with Crippen LogP contribution in [0.1, 0.15) is 33.0 Å². The predicted octanol–water partition coefficient (Wildman–Crippen LogP) is 0.901. The van der Waals surface area contributed by atoms with E-state index in [-0.39, 0.29) is 17.1 Å². The molecule has 0 aliphatic carbocycles. The van der Waals surface area contributed by atoms with Gasteiger partial charge in [-0.2, -0.15) is 5.10 Å². The van der Waals surface area contributed by atoms with Crippen LogP contribution in [0, 0.1) is 12.3 Å². The first-order valence-corrected chi connectivity index (χ1v) is 6.74. The molecule has 0 aromatic carbocycles. The van der Waals surface area contributed by atoms with E-state index in [9.17, 15) is 4.79 Å². The van der Waals surface area contributed by atoms with Crippen LogP contribution in [0.15, 0.2) is 10.9 Å². The van der Waals surface area contributed by atoms with Gasteiger partial charge >= 0.3 is 5.69 Å². The van der Waals surface area contributed by atoms with Crippen LogP contribution in [-0.4, -0.2) is 32.2 Å². The highest BCUT2D eigenvalue weighted by Gasteiger charge is 2.24. The number of rotatable bonds is 4. The van der Waals surface area contributed by atoms with Crippen molar-refractivity contribution in [2.45, 2.75) is 40.2 Å². The second-order valence-electron chi connectivity index (χ2n) is 6.05. The summed E-state index contributed by atoms with van der Waals surface area (Å²) < 4.78 is 1.44. The van der Waals surface area contributed by atoms with Gasteiger partial charge in [-0.3, -0.25) is 0 Å². The van der Waals surface area contributed by atoms with Gasteiger partial charge in [0.05, 0.1) is 0 Å². The smallest absolute Gasteiger partial charge is 0.349 e. The van der Waals surface area contributed by atoms with E-state index in [4.69, 9.17) is 5.73 Å². The molecule has 20 heavy (non-hydrogen) atoms. The lowest BCUT2D eigenvalue weighted by Gasteiger charge is -2.31. The highest BCUT2D eigenvalue weighted by atomic mass is 16.1. The van der Waals surface area contributed by atoms with Crippen molar-refractivity contribution in [2.24, 2.45) is 11.1 Å². The fourth-order valence-corrected chi connectivity index (χ4v) is 2.24. The average Bonchev–Trinajstić information content (AvgIpc) is 2.69. The zero-order chi connectivity index (χ0) is 14.9. The molecule has 7 nitrogen and oxygen atoms in total. The maximum atomic E-state index is 11.6. The minimum absolute atomic E-state index is 0.0618. The van der Waals surface area contributed by atoms with Crippen molar-refractivity contribution in [2.75, 3.05) is 11.9 Å². The Morgan fingerprint density at radius 2 is 2.20 bits per heavy atom. The van der Waals surface area contributed by atoms with Crippen molar-refractivity contribution in [1.82, 2.24) is 19.6 Å². The Bertz CT molecular complexity index is 651. The van der Waals surface area contributed by atoms with Gasteiger partial charge in [-0.1, -0.05) is 20.8 Å². The molecule has 0 spiro atoms. The maximum Gasteiger partial charge on any atom is 0.349 e. The first-order chi connectivity index (χ1) is 9.32. The number of aromatic amines is 1. The van der Waals surface area contributed by atoms with Crippen molar-refractivity contribution in [3.05, 3.63) is 22.4 Å². The number of aromatic nitrogens is 4. The minimum atomic E-state index is -0.272. The summed E-state index contributed by atoms with van der Waals surface area (Å²) in [7, 11) is 0. The van der Waals surface area contributed by atoms with Crippen LogP contribution in [0.2, 0.25) is 0 Å². The zero-order valence-electron chi connectivity index (χ0n) is 12.4. The monoisotopic (exact) mass is 278 g/mol. The zero-order valence-corrected chi connectivity index (χ0v) is 12.4. The summed E-state index contributed by atoms with van der Waals surface area (Å²) in [6.07, 6.45) is 0.850. The molecule has 4 N–H and O–H groups in total. The molecule has 0 bridgehead atoms. The molecule has 0 aliphatic rings. The third-order valence-electron chi connectivity index (χ3n) is 3.39. The Morgan fingerprint density at radius 1 is 1.50 bits per heavy atom. The van der Waals surface area contributed by atoms with E-state index in [1.54, 1.807) is 13.0 Å². The van der Waals surface area contributed by atoms with E-state index in [1.807, 2.05) is 0 Å². The van der Waals surface area contributed by atoms with E-state index in [1.165, 1.54) is 4.40 Å². The van der Waals surface area contributed by atoms with Gasteiger partial charge in [0.25, 0.3) is 0 Å². The molecule has 0 saturated heterocycles. The molecule has 1 atom stereocenters. The summed E-state index contributed by atoms with van der Waals surface area (Å²) in [5.74, 6) is 1.31. The lowest BCUT2D eigenvalue weighted by Crippen LogP contribution is -2.36. The van der Waals surface area contributed by atoms with E-state index in [0.717, 1.165) is 6.42 Å². The van der Waals surface area contributed by atoms with Crippen LogP contribution in [0.3, 0.4) is 0 Å². The van der Waals surface area contributed by atoms with Crippen LogP contribution >= 0.6 is 0 Å². The Hall–Kier alpha value is -1.89. The number of H-pyrrole nitrogens is 1. The number of anilines is 1. The number of hydrogen-bond donors (Lipinski definition) is 3. The second-order valence-corrected chi connectivity index (χ2v) is 6.05. The van der Waals surface area contributed by atoms with Crippen LogP contribution in [-0.2, 0) is 0 Å². The maximum absolute atomic E-state index is 11.6. The van der Waals surface area contributed by atoms with Gasteiger partial charge < -0.3 is 11.1 Å². The number of nitrogens with two attached hydrogens (primary N) is 1. The number of hydrogen-bond acceptors (Lipinski definition) is 5. The van der Waals surface area contributed by atoms with E-state index >= 15 is 0 Å². The van der Waals surface area contributed by atoms with E-state index in [2.05, 4.69) is 41.3 Å². The van der Waals surface area contributed by atoms with Crippen LogP contribution in [0.4, 0.5) is 5.82 Å². The third kappa shape index (κ3) is 2.82. The lowest BCUT2D eigenvalue weighted by molar-refractivity contribution is 0.328. The predicted molar refractivity (Wildman–Crippen MR) is 78.9 cm³/mol.